The molecule has 0 aromatic heterocycles. The summed E-state index contributed by atoms with van der Waals surface area (Å²) in [6.07, 6.45) is 4.50. The summed E-state index contributed by atoms with van der Waals surface area (Å²) in [5, 5.41) is 0. The minimum Gasteiger partial charge on any atom is -0.468 e. The van der Waals surface area contributed by atoms with E-state index in [1.807, 2.05) is 0 Å². The highest BCUT2D eigenvalue weighted by atomic mass is 16.5. The molecule has 1 unspecified atom stereocenters. The first-order valence-corrected chi connectivity index (χ1v) is 4.69. The van der Waals surface area contributed by atoms with Gasteiger partial charge < -0.3 is 15.2 Å². The van der Waals surface area contributed by atoms with Gasteiger partial charge in [-0.05, 0) is 25.7 Å². The largest absolute Gasteiger partial charge is 0.468 e. The van der Waals surface area contributed by atoms with Crippen LogP contribution in [0.4, 0.5) is 0 Å². The van der Waals surface area contributed by atoms with E-state index < -0.39 is 6.04 Å². The second kappa shape index (κ2) is 5.19. The Morgan fingerprint density at radius 1 is 1.62 bits per heavy atom. The Labute approximate surface area is 78.4 Å². The van der Waals surface area contributed by atoms with Crippen LogP contribution < -0.4 is 5.73 Å². The lowest BCUT2D eigenvalue weighted by atomic mass is 9.96. The van der Waals surface area contributed by atoms with Crippen molar-refractivity contribution in [3.63, 3.8) is 0 Å². The van der Waals surface area contributed by atoms with Crippen LogP contribution in [0.3, 0.4) is 0 Å². The van der Waals surface area contributed by atoms with E-state index in [-0.39, 0.29) is 5.97 Å². The zero-order chi connectivity index (χ0) is 9.68. The fourth-order valence-electron chi connectivity index (χ4n) is 1.17. The fraction of sp³-hybridized carbons (Fsp3) is 0.889. The van der Waals surface area contributed by atoms with Gasteiger partial charge in [0.15, 0.2) is 0 Å². The molecular weight excluding hydrogens is 170 g/mol. The quantitative estimate of drug-likeness (QED) is 0.635. The highest BCUT2D eigenvalue weighted by molar-refractivity contribution is 5.75. The summed E-state index contributed by atoms with van der Waals surface area (Å²) in [7, 11) is 1.34. The molecule has 0 aliphatic heterocycles. The van der Waals surface area contributed by atoms with Crippen LogP contribution in [0.25, 0.3) is 0 Å². The van der Waals surface area contributed by atoms with Crippen LogP contribution in [-0.2, 0) is 14.3 Å². The van der Waals surface area contributed by atoms with Gasteiger partial charge in [0.25, 0.3) is 0 Å². The molecule has 1 rings (SSSR count). The Kier molecular flexibility index (Phi) is 4.18. The molecule has 0 heterocycles. The van der Waals surface area contributed by atoms with Gasteiger partial charge in [-0.2, -0.15) is 0 Å². The van der Waals surface area contributed by atoms with E-state index >= 15 is 0 Å². The van der Waals surface area contributed by atoms with Crippen molar-refractivity contribution in [2.75, 3.05) is 13.7 Å². The average Bonchev–Trinajstić information content (AvgIpc) is 2.07. The number of nitrogens with two attached hydrogens (primary N) is 1. The maximum absolute atomic E-state index is 10.9. The number of methoxy groups -OCH3 is 1. The highest BCUT2D eigenvalue weighted by Crippen LogP contribution is 2.21. The third-order valence-corrected chi connectivity index (χ3v) is 2.34. The smallest absolute Gasteiger partial charge is 0.322 e. The van der Waals surface area contributed by atoms with E-state index in [2.05, 4.69) is 4.74 Å². The van der Waals surface area contributed by atoms with Gasteiger partial charge in [-0.15, -0.1) is 0 Å². The third-order valence-electron chi connectivity index (χ3n) is 2.34. The van der Waals surface area contributed by atoms with E-state index in [0.29, 0.717) is 19.1 Å². The molecule has 1 atom stereocenters. The van der Waals surface area contributed by atoms with Crippen molar-refractivity contribution in [2.24, 2.45) is 5.73 Å². The second-order valence-electron chi connectivity index (χ2n) is 3.34. The van der Waals surface area contributed by atoms with Gasteiger partial charge in [0, 0.05) is 6.61 Å². The van der Waals surface area contributed by atoms with Gasteiger partial charge in [0.2, 0.25) is 0 Å². The molecule has 13 heavy (non-hydrogen) atoms. The molecule has 1 saturated carbocycles. The summed E-state index contributed by atoms with van der Waals surface area (Å²) >= 11 is 0. The summed E-state index contributed by atoms with van der Waals surface area (Å²) in [5.74, 6) is -0.364. The highest BCUT2D eigenvalue weighted by Gasteiger charge is 2.19. The number of rotatable bonds is 5. The van der Waals surface area contributed by atoms with Gasteiger partial charge in [-0.1, -0.05) is 0 Å². The van der Waals surface area contributed by atoms with Crippen LogP contribution in [0.5, 0.6) is 0 Å². The van der Waals surface area contributed by atoms with Crippen LogP contribution in [0.15, 0.2) is 0 Å². The number of carbonyl (C=O) groups excluding carboxylic acids is 1. The van der Waals surface area contributed by atoms with E-state index in [1.54, 1.807) is 0 Å². The first-order chi connectivity index (χ1) is 6.24. The molecule has 0 aromatic carbocycles. The molecule has 0 spiro atoms. The van der Waals surface area contributed by atoms with Crippen molar-refractivity contribution in [1.82, 2.24) is 0 Å². The fourth-order valence-corrected chi connectivity index (χ4v) is 1.17. The van der Waals surface area contributed by atoms with Gasteiger partial charge in [0.1, 0.15) is 6.04 Å². The maximum Gasteiger partial charge on any atom is 0.322 e. The van der Waals surface area contributed by atoms with Gasteiger partial charge in [0.05, 0.1) is 13.2 Å². The minimum absolute atomic E-state index is 0.364. The number of hydrogen-bond donors (Lipinski definition) is 1. The Hall–Kier alpha value is -0.610. The third kappa shape index (κ3) is 3.32. The standard InChI is InChI=1S/C9H17NO3/c1-12-9(11)8(10)5-6-13-7-3-2-4-7/h7-8H,2-6,10H2,1H3. The monoisotopic (exact) mass is 187 g/mol. The average molecular weight is 187 g/mol. The molecule has 1 aliphatic rings. The molecule has 2 N–H and O–H groups in total. The van der Waals surface area contributed by atoms with Crippen LogP contribution >= 0.6 is 0 Å². The van der Waals surface area contributed by atoms with E-state index in [4.69, 9.17) is 10.5 Å². The maximum atomic E-state index is 10.9. The topological polar surface area (TPSA) is 61.5 Å². The SMILES string of the molecule is COC(=O)C(N)CCOC1CCC1. The number of hydrogen-bond acceptors (Lipinski definition) is 4. The molecule has 4 nitrogen and oxygen atoms in total. The Morgan fingerprint density at radius 3 is 2.77 bits per heavy atom. The van der Waals surface area contributed by atoms with Crippen molar-refractivity contribution >= 4 is 5.97 Å². The molecule has 0 aromatic rings. The van der Waals surface area contributed by atoms with Crippen molar-refractivity contribution in [3.05, 3.63) is 0 Å². The molecule has 4 heteroatoms. The summed E-state index contributed by atoms with van der Waals surface area (Å²) in [4.78, 5) is 10.9. The molecule has 1 fully saturated rings. The van der Waals surface area contributed by atoms with Crippen molar-refractivity contribution in [1.29, 1.82) is 0 Å². The first-order valence-electron chi connectivity index (χ1n) is 4.69. The number of carbonyl (C=O) groups is 1. The van der Waals surface area contributed by atoms with Crippen LogP contribution in [-0.4, -0.2) is 31.8 Å². The number of esters is 1. The zero-order valence-electron chi connectivity index (χ0n) is 7.99. The minimum atomic E-state index is -0.537. The molecule has 0 bridgehead atoms. The van der Waals surface area contributed by atoms with Gasteiger partial charge in [-0.25, -0.2) is 0 Å². The molecule has 0 amide bonds. The predicted molar refractivity (Wildman–Crippen MR) is 48.2 cm³/mol. The van der Waals surface area contributed by atoms with Gasteiger partial charge in [-0.3, -0.25) is 4.79 Å². The lowest BCUT2D eigenvalue weighted by Gasteiger charge is -2.25. The predicted octanol–water partition coefficient (Wildman–Crippen LogP) is 0.446. The van der Waals surface area contributed by atoms with Gasteiger partial charge >= 0.3 is 5.97 Å². The number of ether oxygens (including phenoxy) is 2. The lowest BCUT2D eigenvalue weighted by Crippen LogP contribution is -2.33. The molecule has 76 valence electrons. The van der Waals surface area contributed by atoms with E-state index in [1.165, 1.54) is 13.5 Å². The van der Waals surface area contributed by atoms with Crippen LogP contribution in [0.2, 0.25) is 0 Å². The van der Waals surface area contributed by atoms with Crippen LogP contribution in [0, 0.1) is 0 Å². The van der Waals surface area contributed by atoms with E-state index in [9.17, 15) is 4.79 Å². The summed E-state index contributed by atoms with van der Waals surface area (Å²) < 4.78 is 9.95. The first kappa shape index (κ1) is 10.5. The summed E-state index contributed by atoms with van der Waals surface area (Å²) in [6, 6.07) is -0.537. The van der Waals surface area contributed by atoms with Crippen molar-refractivity contribution < 1.29 is 14.3 Å². The zero-order valence-corrected chi connectivity index (χ0v) is 7.99. The normalized spacial score (nSPS) is 19.2. The lowest BCUT2D eigenvalue weighted by molar-refractivity contribution is -0.142. The van der Waals surface area contributed by atoms with E-state index in [0.717, 1.165) is 12.8 Å². The molecular formula is C9H17NO3. The summed E-state index contributed by atoms with van der Waals surface area (Å²) in [5.41, 5.74) is 5.52. The summed E-state index contributed by atoms with van der Waals surface area (Å²) in [6.45, 7) is 0.556. The second-order valence-corrected chi connectivity index (χ2v) is 3.34. The molecule has 0 radical (unpaired) electrons. The van der Waals surface area contributed by atoms with Crippen molar-refractivity contribution in [2.45, 2.75) is 37.8 Å². The molecule has 0 saturated heterocycles. The van der Waals surface area contributed by atoms with Crippen molar-refractivity contribution in [3.8, 4) is 0 Å². The molecule has 1 aliphatic carbocycles. The van der Waals surface area contributed by atoms with Crippen LogP contribution in [0.1, 0.15) is 25.7 Å². The Balaban J connectivity index is 2.00. The Morgan fingerprint density at radius 2 is 2.31 bits per heavy atom. The Bertz CT molecular complexity index is 168.